The van der Waals surface area contributed by atoms with Gasteiger partial charge in [0.15, 0.2) is 5.76 Å². The van der Waals surface area contributed by atoms with Crippen molar-refractivity contribution < 1.29 is 9.53 Å². The van der Waals surface area contributed by atoms with E-state index in [0.717, 1.165) is 16.7 Å². The van der Waals surface area contributed by atoms with Gasteiger partial charge in [0.2, 0.25) is 5.78 Å². The molecule has 21 heavy (non-hydrogen) atoms. The monoisotopic (exact) mass is 276 g/mol. The maximum absolute atomic E-state index is 12.7. The standard InChI is InChI=1S/C19H16O2/c1-14-12-17(15-8-4-2-5-9-15)19(21-13-14)18(20)16-10-6-3-7-11-16/h2-12H,13H2,1H3. The molecule has 2 nitrogen and oxygen atoms in total. The number of hydrogen-bond donors (Lipinski definition) is 0. The molecule has 0 fully saturated rings. The van der Waals surface area contributed by atoms with Crippen LogP contribution < -0.4 is 0 Å². The molecule has 0 aromatic heterocycles. The van der Waals surface area contributed by atoms with E-state index in [0.29, 0.717) is 17.9 Å². The molecule has 0 unspecified atom stereocenters. The van der Waals surface area contributed by atoms with Gasteiger partial charge in [0.1, 0.15) is 6.61 Å². The van der Waals surface area contributed by atoms with Crippen LogP contribution in [0.1, 0.15) is 22.8 Å². The Balaban J connectivity index is 2.10. The van der Waals surface area contributed by atoms with Crippen LogP contribution in [0.3, 0.4) is 0 Å². The highest BCUT2D eigenvalue weighted by Gasteiger charge is 2.22. The zero-order chi connectivity index (χ0) is 14.7. The van der Waals surface area contributed by atoms with Crippen molar-refractivity contribution in [1.29, 1.82) is 0 Å². The molecule has 0 spiro atoms. The second-order valence-electron chi connectivity index (χ2n) is 5.08. The molecule has 3 rings (SSSR count). The normalized spacial score (nSPS) is 14.4. The molecule has 2 aromatic rings. The van der Waals surface area contributed by atoms with Crippen molar-refractivity contribution in [3.05, 3.63) is 89.2 Å². The zero-order valence-corrected chi connectivity index (χ0v) is 11.9. The quantitative estimate of drug-likeness (QED) is 0.783. The highest BCUT2D eigenvalue weighted by atomic mass is 16.5. The van der Waals surface area contributed by atoms with E-state index in [9.17, 15) is 4.79 Å². The maximum atomic E-state index is 12.7. The van der Waals surface area contributed by atoms with Crippen molar-refractivity contribution in [2.45, 2.75) is 6.92 Å². The average molecular weight is 276 g/mol. The second-order valence-corrected chi connectivity index (χ2v) is 5.08. The van der Waals surface area contributed by atoms with E-state index < -0.39 is 0 Å². The molecule has 2 aromatic carbocycles. The van der Waals surface area contributed by atoms with Gasteiger partial charge in [-0.15, -0.1) is 0 Å². The van der Waals surface area contributed by atoms with Crippen molar-refractivity contribution in [2.24, 2.45) is 0 Å². The van der Waals surface area contributed by atoms with Gasteiger partial charge in [-0.2, -0.15) is 0 Å². The molecule has 0 N–H and O–H groups in total. The summed E-state index contributed by atoms with van der Waals surface area (Å²) in [6, 6.07) is 19.1. The average Bonchev–Trinajstić information content (AvgIpc) is 2.56. The first-order valence-electron chi connectivity index (χ1n) is 6.95. The van der Waals surface area contributed by atoms with Gasteiger partial charge in [0.25, 0.3) is 0 Å². The largest absolute Gasteiger partial charge is 0.484 e. The summed E-state index contributed by atoms with van der Waals surface area (Å²) >= 11 is 0. The number of carbonyl (C=O) groups is 1. The SMILES string of the molecule is CC1=CC(c2ccccc2)=C(C(=O)c2ccccc2)OC1. The lowest BCUT2D eigenvalue weighted by Gasteiger charge is -2.19. The van der Waals surface area contributed by atoms with Crippen LogP contribution in [-0.2, 0) is 4.74 Å². The Bertz CT molecular complexity index is 710. The van der Waals surface area contributed by atoms with Crippen LogP contribution in [0, 0.1) is 0 Å². The van der Waals surface area contributed by atoms with Crippen LogP contribution in [0.15, 0.2) is 78.1 Å². The molecule has 0 saturated carbocycles. The van der Waals surface area contributed by atoms with Gasteiger partial charge < -0.3 is 4.74 Å². The molecule has 0 saturated heterocycles. The fourth-order valence-electron chi connectivity index (χ4n) is 2.36. The smallest absolute Gasteiger partial charge is 0.228 e. The summed E-state index contributed by atoms with van der Waals surface area (Å²) in [4.78, 5) is 12.7. The molecule has 0 amide bonds. The van der Waals surface area contributed by atoms with Crippen molar-refractivity contribution in [3.8, 4) is 0 Å². The lowest BCUT2D eigenvalue weighted by atomic mass is 9.96. The molecule has 2 heteroatoms. The van der Waals surface area contributed by atoms with Gasteiger partial charge in [-0.1, -0.05) is 60.7 Å². The molecule has 1 heterocycles. The van der Waals surface area contributed by atoms with E-state index in [-0.39, 0.29) is 5.78 Å². The van der Waals surface area contributed by atoms with Gasteiger partial charge in [0, 0.05) is 11.1 Å². The highest BCUT2D eigenvalue weighted by molar-refractivity contribution is 6.13. The molecule has 0 radical (unpaired) electrons. The number of benzene rings is 2. The minimum atomic E-state index is -0.0711. The summed E-state index contributed by atoms with van der Waals surface area (Å²) in [5, 5.41) is 0. The first-order valence-corrected chi connectivity index (χ1v) is 6.95. The predicted octanol–water partition coefficient (Wildman–Crippen LogP) is 4.26. The zero-order valence-electron chi connectivity index (χ0n) is 11.9. The summed E-state index contributed by atoms with van der Waals surface area (Å²) in [5.41, 5.74) is 3.61. The molecule has 1 aliphatic heterocycles. The molecule has 1 aliphatic rings. The van der Waals surface area contributed by atoms with E-state index in [4.69, 9.17) is 4.74 Å². The Hall–Kier alpha value is -2.61. The summed E-state index contributed by atoms with van der Waals surface area (Å²) in [5.74, 6) is 0.358. The molecular formula is C19H16O2. The number of rotatable bonds is 3. The molecule has 104 valence electrons. The third kappa shape index (κ3) is 2.79. The van der Waals surface area contributed by atoms with E-state index in [2.05, 4.69) is 0 Å². The van der Waals surface area contributed by atoms with Crippen LogP contribution >= 0.6 is 0 Å². The minimum absolute atomic E-state index is 0.0711. The Labute approximate surface area is 124 Å². The Morgan fingerprint density at radius 2 is 1.57 bits per heavy atom. The van der Waals surface area contributed by atoms with Gasteiger partial charge in [-0.3, -0.25) is 4.79 Å². The fraction of sp³-hybridized carbons (Fsp3) is 0.105. The first-order chi connectivity index (χ1) is 10.3. The number of ether oxygens (including phenoxy) is 1. The van der Waals surface area contributed by atoms with E-state index in [1.165, 1.54) is 0 Å². The van der Waals surface area contributed by atoms with Gasteiger partial charge in [0.05, 0.1) is 0 Å². The molecule has 0 bridgehead atoms. The van der Waals surface area contributed by atoms with Crippen LogP contribution in [-0.4, -0.2) is 12.4 Å². The summed E-state index contributed by atoms with van der Waals surface area (Å²) < 4.78 is 5.74. The molecular weight excluding hydrogens is 260 g/mol. The Morgan fingerprint density at radius 3 is 2.24 bits per heavy atom. The van der Waals surface area contributed by atoms with Crippen LogP contribution in [0.25, 0.3) is 5.57 Å². The van der Waals surface area contributed by atoms with Crippen molar-refractivity contribution in [3.63, 3.8) is 0 Å². The van der Waals surface area contributed by atoms with Crippen LogP contribution in [0.5, 0.6) is 0 Å². The van der Waals surface area contributed by atoms with Gasteiger partial charge >= 0.3 is 0 Å². The van der Waals surface area contributed by atoms with Crippen LogP contribution in [0.4, 0.5) is 0 Å². The van der Waals surface area contributed by atoms with Crippen molar-refractivity contribution in [1.82, 2.24) is 0 Å². The van der Waals surface area contributed by atoms with Crippen LogP contribution in [0.2, 0.25) is 0 Å². The summed E-state index contributed by atoms with van der Waals surface area (Å²) in [6.45, 7) is 2.47. The van der Waals surface area contributed by atoms with Gasteiger partial charge in [-0.05, 0) is 24.1 Å². The number of Topliss-reactive ketones (excluding diaryl/α,β-unsaturated/α-hetero) is 1. The Kier molecular flexibility index (Phi) is 3.69. The van der Waals surface area contributed by atoms with Crippen molar-refractivity contribution in [2.75, 3.05) is 6.61 Å². The first kappa shape index (κ1) is 13.4. The van der Waals surface area contributed by atoms with Gasteiger partial charge in [-0.25, -0.2) is 0 Å². The lowest BCUT2D eigenvalue weighted by molar-refractivity contribution is 0.0933. The predicted molar refractivity (Wildman–Crippen MR) is 83.8 cm³/mol. The minimum Gasteiger partial charge on any atom is -0.484 e. The highest BCUT2D eigenvalue weighted by Crippen LogP contribution is 2.28. The Morgan fingerprint density at radius 1 is 0.952 bits per heavy atom. The number of hydrogen-bond acceptors (Lipinski definition) is 2. The maximum Gasteiger partial charge on any atom is 0.228 e. The molecule has 0 aliphatic carbocycles. The van der Waals surface area contributed by atoms with E-state index in [1.807, 2.05) is 73.7 Å². The number of ketones is 1. The third-order valence-corrected chi connectivity index (χ3v) is 3.41. The number of carbonyl (C=O) groups excluding carboxylic acids is 1. The third-order valence-electron chi connectivity index (χ3n) is 3.41. The fourth-order valence-corrected chi connectivity index (χ4v) is 2.36. The van der Waals surface area contributed by atoms with E-state index >= 15 is 0 Å². The topological polar surface area (TPSA) is 26.3 Å². The summed E-state index contributed by atoms with van der Waals surface area (Å²) in [7, 11) is 0. The second kappa shape index (κ2) is 5.80. The van der Waals surface area contributed by atoms with Crippen molar-refractivity contribution >= 4 is 11.4 Å². The lowest BCUT2D eigenvalue weighted by Crippen LogP contribution is -2.14. The number of allylic oxidation sites excluding steroid dienone is 3. The molecule has 0 atom stereocenters. The van der Waals surface area contributed by atoms with E-state index in [1.54, 1.807) is 0 Å². The summed E-state index contributed by atoms with van der Waals surface area (Å²) in [6.07, 6.45) is 2.04.